The van der Waals surface area contributed by atoms with Gasteiger partial charge in [-0.25, -0.2) is 4.68 Å². The Bertz CT molecular complexity index is 3070. The van der Waals surface area contributed by atoms with Crippen molar-refractivity contribution in [2.75, 3.05) is 66.4 Å². The SMILES string of the molecule is COc1ccc(C(=O)N[C@@H](CCCCNC(=O)c2ccc(C(=O)c3ccccc3)cc2)C(=O)NCCOCCOCCOCCn2cc(CNC(=O)CCCCCNC(=O)CCC3=[N+]4C(=Cc5c(C)cc(C)n5[B-]4(F)F)C=C3)nn2)cc1. The number of carbonyl (C=O) groups excluding carboxylic acids is 6. The minimum atomic E-state index is -4.07. The number of aromatic nitrogens is 4. The number of ketones is 1. The summed E-state index contributed by atoms with van der Waals surface area (Å²) in [5, 5.41) is 22.5. The van der Waals surface area contributed by atoms with E-state index in [1.54, 1.807) is 115 Å². The molecule has 2 aliphatic rings. The Morgan fingerprint density at radius 3 is 2.06 bits per heavy atom. The van der Waals surface area contributed by atoms with E-state index in [0.29, 0.717) is 141 Å². The first-order valence-electron chi connectivity index (χ1n) is 27.8. The predicted octanol–water partition coefficient (Wildman–Crippen LogP) is 5.87. The minimum Gasteiger partial charge on any atom is -0.497 e. The summed E-state index contributed by atoms with van der Waals surface area (Å²) in [5.41, 5.74) is 5.10. The third-order valence-corrected chi connectivity index (χ3v) is 13.9. The van der Waals surface area contributed by atoms with E-state index in [9.17, 15) is 28.8 Å². The van der Waals surface area contributed by atoms with Crippen LogP contribution in [0.25, 0.3) is 6.08 Å². The number of amides is 5. The van der Waals surface area contributed by atoms with E-state index in [4.69, 9.17) is 18.9 Å². The van der Waals surface area contributed by atoms with Crippen LogP contribution < -0.4 is 31.3 Å². The first-order chi connectivity index (χ1) is 39.7. The number of ether oxygens (including phenoxy) is 4. The molecular weight excluding hydrogens is 1060 g/mol. The monoisotopic (exact) mass is 1130 g/mol. The number of fused-ring (bicyclic) bond motifs is 2. The van der Waals surface area contributed by atoms with Gasteiger partial charge in [0, 0.05) is 85.1 Å². The average molecular weight is 1130 g/mol. The lowest BCUT2D eigenvalue weighted by atomic mass is 9.90. The molecule has 0 radical (unpaired) electrons. The number of aryl methyl sites for hydroxylation is 2. The molecule has 82 heavy (non-hydrogen) atoms. The molecule has 7 rings (SSSR count). The summed E-state index contributed by atoms with van der Waals surface area (Å²) in [5.74, 6) is -0.938. The molecule has 0 unspecified atom stereocenters. The fourth-order valence-corrected chi connectivity index (χ4v) is 9.48. The van der Waals surface area contributed by atoms with Gasteiger partial charge in [-0.1, -0.05) is 54.1 Å². The van der Waals surface area contributed by atoms with Gasteiger partial charge >= 0.3 is 6.97 Å². The first-order valence-corrected chi connectivity index (χ1v) is 27.8. The van der Waals surface area contributed by atoms with Gasteiger partial charge in [0.25, 0.3) is 11.8 Å². The fraction of sp³-hybridized carbons (Fsp3) is 0.407. The number of methoxy groups -OCH3 is 1. The summed E-state index contributed by atoms with van der Waals surface area (Å²) in [6, 6.07) is 22.9. The molecule has 0 aliphatic carbocycles. The van der Waals surface area contributed by atoms with E-state index in [-0.39, 0.29) is 68.6 Å². The lowest BCUT2D eigenvalue weighted by Gasteiger charge is -2.30. The van der Waals surface area contributed by atoms with E-state index < -0.39 is 18.9 Å². The number of hydrogen-bond donors (Lipinski definition) is 5. The summed E-state index contributed by atoms with van der Waals surface area (Å²) >= 11 is 0. The maximum absolute atomic E-state index is 15.7. The van der Waals surface area contributed by atoms with E-state index in [0.717, 1.165) is 20.9 Å². The Labute approximate surface area is 476 Å². The predicted molar refractivity (Wildman–Crippen MR) is 304 cm³/mol. The molecule has 2 aromatic heterocycles. The molecule has 20 nitrogen and oxygen atoms in total. The Hall–Kier alpha value is -8.15. The van der Waals surface area contributed by atoms with Gasteiger partial charge in [0.05, 0.1) is 66.0 Å². The quantitative estimate of drug-likeness (QED) is 0.0182. The van der Waals surface area contributed by atoms with Crippen molar-refractivity contribution in [2.45, 2.75) is 90.8 Å². The second-order valence-corrected chi connectivity index (χ2v) is 19.9. The van der Waals surface area contributed by atoms with Crippen LogP contribution >= 0.6 is 0 Å². The second kappa shape index (κ2) is 31.2. The highest BCUT2D eigenvalue weighted by Gasteiger charge is 2.52. The van der Waals surface area contributed by atoms with Crippen LogP contribution in [0.15, 0.2) is 109 Å². The largest absolute Gasteiger partial charge is 0.737 e. The number of halogens is 2. The van der Waals surface area contributed by atoms with Crippen molar-refractivity contribution < 1.29 is 60.8 Å². The van der Waals surface area contributed by atoms with Crippen molar-refractivity contribution in [3.05, 3.63) is 154 Å². The number of allylic oxidation sites excluding steroid dienone is 2. The van der Waals surface area contributed by atoms with Crippen molar-refractivity contribution in [2.24, 2.45) is 0 Å². The van der Waals surface area contributed by atoms with Crippen molar-refractivity contribution >= 4 is 54.1 Å². The molecule has 436 valence electrons. The standard InChI is InChI=1S/C59H73BF2N10O10/c1-42-38-43(2)71-53(42)39-50-23-22-49(72(50)60(71,61)62)24-27-55(74)63-28-10-5-8-15-54(73)66-40-48-41-70(69-68-48)31-33-81-35-37-82-36-34-80-32-30-65-59(78)52(67-58(77)47-20-25-51(79-3)26-21-47)14-9-11-29-64-57(76)46-18-16-45(17-19-46)56(75)44-12-6-4-7-13-44/h4,6-7,12-13,16-23,25-26,38-39,41,52H,5,8-11,14-15,24,27-37,40H2,1-3H3,(H,63,74)(H,64,76)(H,65,78)(H,66,73)(H,67,77)/t52-/m0/s1. The smallest absolute Gasteiger partial charge is 0.497 e. The number of nitrogens with one attached hydrogen (secondary N) is 5. The van der Waals surface area contributed by atoms with Crippen LogP contribution in [0, 0.1) is 13.8 Å². The van der Waals surface area contributed by atoms with Gasteiger partial charge in [-0.15, -0.1) is 5.10 Å². The van der Waals surface area contributed by atoms with Crippen molar-refractivity contribution in [1.82, 2.24) is 46.1 Å². The minimum absolute atomic E-state index is 0.0901. The van der Waals surface area contributed by atoms with Crippen LogP contribution in [0.5, 0.6) is 5.75 Å². The van der Waals surface area contributed by atoms with E-state index >= 15 is 8.63 Å². The number of unbranched alkanes of at least 4 members (excludes halogenated alkanes) is 3. The number of benzene rings is 3. The van der Waals surface area contributed by atoms with E-state index in [1.807, 2.05) is 13.0 Å². The highest BCUT2D eigenvalue weighted by molar-refractivity contribution is 6.58. The van der Waals surface area contributed by atoms with Crippen molar-refractivity contribution in [3.63, 3.8) is 0 Å². The van der Waals surface area contributed by atoms with Gasteiger partial charge in [0.2, 0.25) is 17.7 Å². The molecule has 1 atom stereocenters. The molecule has 0 spiro atoms. The van der Waals surface area contributed by atoms with Crippen LogP contribution in [0.1, 0.15) is 117 Å². The molecule has 4 heterocycles. The number of rotatable bonds is 35. The zero-order valence-electron chi connectivity index (χ0n) is 46.8. The molecule has 0 bridgehead atoms. The lowest BCUT2D eigenvalue weighted by Crippen LogP contribution is -2.50. The molecule has 0 saturated carbocycles. The molecule has 5 amide bonds. The Kier molecular flexibility index (Phi) is 23.4. The van der Waals surface area contributed by atoms with E-state index in [1.165, 1.54) is 7.11 Å². The summed E-state index contributed by atoms with van der Waals surface area (Å²) in [6.45, 7) is 2.97. The Morgan fingerprint density at radius 2 is 1.32 bits per heavy atom. The maximum Gasteiger partial charge on any atom is 0.737 e. The third kappa shape index (κ3) is 17.9. The normalized spacial score (nSPS) is 13.4. The van der Waals surface area contributed by atoms with Gasteiger partial charge in [0.15, 0.2) is 11.5 Å². The van der Waals surface area contributed by atoms with Crippen molar-refractivity contribution in [3.8, 4) is 5.75 Å². The van der Waals surface area contributed by atoms with Gasteiger partial charge in [-0.2, -0.15) is 0 Å². The highest BCUT2D eigenvalue weighted by Crippen LogP contribution is 2.34. The highest BCUT2D eigenvalue weighted by atomic mass is 19.2. The third-order valence-electron chi connectivity index (χ3n) is 13.9. The lowest BCUT2D eigenvalue weighted by molar-refractivity contribution is -0.362. The Morgan fingerprint density at radius 1 is 0.671 bits per heavy atom. The molecule has 0 saturated heterocycles. The summed E-state index contributed by atoms with van der Waals surface area (Å²) in [7, 11) is 1.53. The molecule has 5 N–H and O–H groups in total. The Balaban J connectivity index is 0.681. The summed E-state index contributed by atoms with van der Waals surface area (Å²) < 4.78 is 57.2. The number of nitrogens with zero attached hydrogens (tertiary/aromatic N) is 5. The average Bonchev–Trinajstić information content (AvgIpc) is 2.24. The van der Waals surface area contributed by atoms with Crippen LogP contribution in [-0.4, -0.2) is 144 Å². The van der Waals surface area contributed by atoms with Crippen LogP contribution in [0.2, 0.25) is 0 Å². The van der Waals surface area contributed by atoms with Gasteiger partial charge in [-0.05, 0) is 99.7 Å². The molecule has 5 aromatic rings. The van der Waals surface area contributed by atoms with Crippen LogP contribution in [0.4, 0.5) is 8.63 Å². The molecule has 3 aromatic carbocycles. The van der Waals surface area contributed by atoms with Crippen LogP contribution in [-0.2, 0) is 41.7 Å². The molecule has 0 fully saturated rings. The topological polar surface area (TPSA) is 238 Å². The summed E-state index contributed by atoms with van der Waals surface area (Å²) in [6.07, 6.45) is 10.9. The van der Waals surface area contributed by atoms with Gasteiger partial charge in [0.1, 0.15) is 23.2 Å². The number of carbonyl (C=O) groups is 6. The van der Waals surface area contributed by atoms with Gasteiger partial charge < -0.3 is 63.1 Å². The maximum atomic E-state index is 15.7. The van der Waals surface area contributed by atoms with Gasteiger partial charge in [-0.3, -0.25) is 28.8 Å². The van der Waals surface area contributed by atoms with E-state index in [2.05, 4.69) is 36.9 Å². The summed E-state index contributed by atoms with van der Waals surface area (Å²) in [4.78, 5) is 77.0. The molecule has 2 aliphatic heterocycles. The number of hydrogen-bond acceptors (Lipinski definition) is 12. The fourth-order valence-electron chi connectivity index (χ4n) is 9.48. The second-order valence-electron chi connectivity index (χ2n) is 19.9. The first kappa shape index (κ1) is 61.5. The van der Waals surface area contributed by atoms with Crippen molar-refractivity contribution in [1.29, 1.82) is 0 Å². The van der Waals surface area contributed by atoms with Crippen LogP contribution in [0.3, 0.4) is 0 Å². The zero-order chi connectivity index (χ0) is 58.3. The zero-order valence-corrected chi connectivity index (χ0v) is 46.8. The molecule has 23 heteroatoms. The molecular formula is C59H73BF2N10O10.